The van der Waals surface area contributed by atoms with Crippen molar-refractivity contribution in [3.63, 3.8) is 0 Å². The summed E-state index contributed by atoms with van der Waals surface area (Å²) < 4.78 is 11.8. The summed E-state index contributed by atoms with van der Waals surface area (Å²) in [6, 6.07) is 12.4. The molecule has 6 heteroatoms. The van der Waals surface area contributed by atoms with Crippen molar-refractivity contribution in [3.05, 3.63) is 47.9 Å². The number of para-hydroxylation sites is 2. The number of oxazole rings is 1. The molecular formula is C18H19N3O3. The zero-order valence-electron chi connectivity index (χ0n) is 13.5. The van der Waals surface area contributed by atoms with Crippen LogP contribution in [-0.2, 0) is 11.3 Å². The van der Waals surface area contributed by atoms with Gasteiger partial charge in [-0.1, -0.05) is 12.1 Å². The number of rotatable bonds is 4. The normalized spacial score (nSPS) is 17.5. The smallest absolute Gasteiger partial charge is 0.299 e. The molecular weight excluding hydrogens is 306 g/mol. The van der Waals surface area contributed by atoms with E-state index in [4.69, 9.17) is 8.83 Å². The van der Waals surface area contributed by atoms with Gasteiger partial charge in [0.25, 0.3) is 6.01 Å². The fourth-order valence-corrected chi connectivity index (χ4v) is 3.15. The summed E-state index contributed by atoms with van der Waals surface area (Å²) in [7, 11) is 0. The van der Waals surface area contributed by atoms with Crippen LogP contribution >= 0.6 is 0 Å². The van der Waals surface area contributed by atoms with E-state index >= 15 is 0 Å². The SMILES string of the molecule is CC(=O)NCc1ccc([C@H]2CCCN2c2nc3ccccc3o2)o1. The van der Waals surface area contributed by atoms with Crippen LogP contribution in [0.3, 0.4) is 0 Å². The fourth-order valence-electron chi connectivity index (χ4n) is 3.15. The Balaban J connectivity index is 1.57. The number of carbonyl (C=O) groups is 1. The highest BCUT2D eigenvalue weighted by atomic mass is 16.4. The lowest BCUT2D eigenvalue weighted by molar-refractivity contribution is -0.119. The Hall–Kier alpha value is -2.76. The third-order valence-electron chi connectivity index (χ3n) is 4.30. The molecule has 0 spiro atoms. The van der Waals surface area contributed by atoms with Gasteiger partial charge in [-0.3, -0.25) is 4.79 Å². The molecule has 2 aromatic heterocycles. The van der Waals surface area contributed by atoms with Gasteiger partial charge in [0.2, 0.25) is 5.91 Å². The number of nitrogens with zero attached hydrogens (tertiary/aromatic N) is 2. The molecule has 0 saturated carbocycles. The predicted octanol–water partition coefficient (Wildman–Crippen LogP) is 3.40. The number of amides is 1. The van der Waals surface area contributed by atoms with E-state index in [1.54, 1.807) is 0 Å². The van der Waals surface area contributed by atoms with Crippen molar-refractivity contribution in [2.75, 3.05) is 11.4 Å². The Labute approximate surface area is 139 Å². The number of anilines is 1. The van der Waals surface area contributed by atoms with Gasteiger partial charge >= 0.3 is 0 Å². The fraction of sp³-hybridized carbons (Fsp3) is 0.333. The first-order valence-corrected chi connectivity index (χ1v) is 8.16. The molecule has 0 unspecified atom stereocenters. The lowest BCUT2D eigenvalue weighted by Crippen LogP contribution is -2.22. The molecule has 0 radical (unpaired) electrons. The van der Waals surface area contributed by atoms with Crippen LogP contribution in [0.2, 0.25) is 0 Å². The molecule has 3 heterocycles. The number of nitrogens with one attached hydrogen (secondary N) is 1. The number of fused-ring (bicyclic) bond motifs is 1. The van der Waals surface area contributed by atoms with Crippen LogP contribution in [0.15, 0.2) is 45.2 Å². The molecule has 124 valence electrons. The molecule has 0 bridgehead atoms. The van der Waals surface area contributed by atoms with Crippen LogP contribution in [0.25, 0.3) is 11.1 Å². The van der Waals surface area contributed by atoms with E-state index in [1.165, 1.54) is 6.92 Å². The minimum absolute atomic E-state index is 0.0677. The topological polar surface area (TPSA) is 71.5 Å². The molecule has 1 fully saturated rings. The van der Waals surface area contributed by atoms with Crippen molar-refractivity contribution in [2.24, 2.45) is 0 Å². The lowest BCUT2D eigenvalue weighted by atomic mass is 10.2. The summed E-state index contributed by atoms with van der Waals surface area (Å²) in [6.45, 7) is 2.79. The second-order valence-electron chi connectivity index (χ2n) is 6.03. The first-order valence-electron chi connectivity index (χ1n) is 8.16. The van der Waals surface area contributed by atoms with Gasteiger partial charge in [-0.05, 0) is 37.1 Å². The molecule has 0 aliphatic carbocycles. The minimum Gasteiger partial charge on any atom is -0.462 e. The van der Waals surface area contributed by atoms with E-state index in [0.29, 0.717) is 12.6 Å². The Morgan fingerprint density at radius 2 is 2.17 bits per heavy atom. The van der Waals surface area contributed by atoms with Crippen LogP contribution in [0.5, 0.6) is 0 Å². The van der Waals surface area contributed by atoms with Gasteiger partial charge in [-0.2, -0.15) is 4.98 Å². The van der Waals surface area contributed by atoms with Crippen molar-refractivity contribution < 1.29 is 13.6 Å². The summed E-state index contributed by atoms with van der Waals surface area (Å²) in [5.74, 6) is 1.57. The van der Waals surface area contributed by atoms with Crippen LogP contribution in [0, 0.1) is 0 Å². The molecule has 1 aliphatic rings. The van der Waals surface area contributed by atoms with Gasteiger partial charge in [0.1, 0.15) is 17.0 Å². The Morgan fingerprint density at radius 3 is 3.00 bits per heavy atom. The van der Waals surface area contributed by atoms with E-state index in [-0.39, 0.29) is 11.9 Å². The average molecular weight is 325 g/mol. The molecule has 1 saturated heterocycles. The maximum atomic E-state index is 11.0. The molecule has 4 rings (SSSR count). The molecule has 6 nitrogen and oxygen atoms in total. The first-order chi connectivity index (χ1) is 11.7. The van der Waals surface area contributed by atoms with Crippen LogP contribution in [-0.4, -0.2) is 17.4 Å². The number of hydrogen-bond donors (Lipinski definition) is 1. The first kappa shape index (κ1) is 14.8. The van der Waals surface area contributed by atoms with E-state index in [9.17, 15) is 4.79 Å². The summed E-state index contributed by atoms with van der Waals surface area (Å²) in [6.07, 6.45) is 2.05. The Kier molecular flexibility index (Phi) is 3.72. The molecule has 1 amide bonds. The zero-order chi connectivity index (χ0) is 16.5. The molecule has 1 atom stereocenters. The van der Waals surface area contributed by atoms with E-state index < -0.39 is 0 Å². The molecule has 1 N–H and O–H groups in total. The van der Waals surface area contributed by atoms with Crippen molar-refractivity contribution in [1.82, 2.24) is 10.3 Å². The Morgan fingerprint density at radius 1 is 1.29 bits per heavy atom. The number of furan rings is 1. The molecule has 3 aromatic rings. The lowest BCUT2D eigenvalue weighted by Gasteiger charge is -2.20. The second-order valence-corrected chi connectivity index (χ2v) is 6.03. The van der Waals surface area contributed by atoms with E-state index in [2.05, 4.69) is 15.2 Å². The molecule has 1 aliphatic heterocycles. The average Bonchev–Trinajstić information content (AvgIpc) is 3.29. The summed E-state index contributed by atoms with van der Waals surface area (Å²) >= 11 is 0. The van der Waals surface area contributed by atoms with Gasteiger partial charge < -0.3 is 19.1 Å². The molecule has 1 aromatic carbocycles. The van der Waals surface area contributed by atoms with Crippen LogP contribution < -0.4 is 10.2 Å². The number of carbonyl (C=O) groups excluding carboxylic acids is 1. The predicted molar refractivity (Wildman–Crippen MR) is 89.6 cm³/mol. The zero-order valence-corrected chi connectivity index (χ0v) is 13.5. The largest absolute Gasteiger partial charge is 0.462 e. The van der Waals surface area contributed by atoms with E-state index in [1.807, 2.05) is 36.4 Å². The monoisotopic (exact) mass is 325 g/mol. The quantitative estimate of drug-likeness (QED) is 0.796. The maximum Gasteiger partial charge on any atom is 0.299 e. The van der Waals surface area contributed by atoms with Gasteiger partial charge in [0, 0.05) is 13.5 Å². The van der Waals surface area contributed by atoms with E-state index in [0.717, 1.165) is 42.0 Å². The third kappa shape index (κ3) is 2.75. The minimum atomic E-state index is -0.0677. The number of benzene rings is 1. The maximum absolute atomic E-state index is 11.0. The van der Waals surface area contributed by atoms with Crippen molar-refractivity contribution in [1.29, 1.82) is 0 Å². The van der Waals surface area contributed by atoms with Gasteiger partial charge in [-0.25, -0.2) is 0 Å². The van der Waals surface area contributed by atoms with Gasteiger partial charge in [-0.15, -0.1) is 0 Å². The van der Waals surface area contributed by atoms with Crippen LogP contribution in [0.1, 0.15) is 37.3 Å². The summed E-state index contributed by atoms with van der Waals surface area (Å²) in [5.41, 5.74) is 1.66. The summed E-state index contributed by atoms with van der Waals surface area (Å²) in [4.78, 5) is 17.8. The van der Waals surface area contributed by atoms with Crippen molar-refractivity contribution in [2.45, 2.75) is 32.4 Å². The second kappa shape index (κ2) is 6.03. The highest BCUT2D eigenvalue weighted by molar-refractivity contribution is 5.74. The van der Waals surface area contributed by atoms with Crippen molar-refractivity contribution in [3.8, 4) is 0 Å². The standard InChI is InChI=1S/C18H19N3O3/c1-12(22)19-11-13-8-9-17(23-13)15-6-4-10-21(15)18-20-14-5-2-3-7-16(14)24-18/h2-3,5,7-9,15H,4,6,10-11H2,1H3,(H,19,22)/t15-/m1/s1. The highest BCUT2D eigenvalue weighted by Gasteiger charge is 2.31. The number of hydrogen-bond acceptors (Lipinski definition) is 5. The summed E-state index contributed by atoms with van der Waals surface area (Å²) in [5, 5.41) is 2.75. The number of aromatic nitrogens is 1. The van der Waals surface area contributed by atoms with Crippen molar-refractivity contribution >= 4 is 23.0 Å². The van der Waals surface area contributed by atoms with Crippen LogP contribution in [0.4, 0.5) is 6.01 Å². The van der Waals surface area contributed by atoms with Gasteiger partial charge in [0.15, 0.2) is 5.58 Å². The molecule has 24 heavy (non-hydrogen) atoms. The highest BCUT2D eigenvalue weighted by Crippen LogP contribution is 2.37. The van der Waals surface area contributed by atoms with Gasteiger partial charge in [0.05, 0.1) is 12.6 Å². The third-order valence-corrected chi connectivity index (χ3v) is 4.30. The Bertz CT molecular complexity index is 834.